The molecule has 3 rings (SSSR count). The van der Waals surface area contributed by atoms with Gasteiger partial charge in [0.1, 0.15) is 5.02 Å². The standard InChI is InChI=1S/C15H18ClN5O/c1-11-3-2-4-17-12(11)10-20-5-7-21(8-6-20)13-9-18-19-15(22)14(13)16/h2-4,9H,5-8,10H2,1H3,(H,19,22). The van der Waals surface area contributed by atoms with Crippen molar-refractivity contribution in [2.45, 2.75) is 13.5 Å². The fourth-order valence-corrected chi connectivity index (χ4v) is 2.85. The van der Waals surface area contributed by atoms with Crippen molar-refractivity contribution >= 4 is 17.3 Å². The number of aromatic amines is 1. The summed E-state index contributed by atoms with van der Waals surface area (Å²) in [6.07, 6.45) is 3.45. The predicted octanol–water partition coefficient (Wildman–Crippen LogP) is 1.45. The summed E-state index contributed by atoms with van der Waals surface area (Å²) in [6, 6.07) is 4.04. The molecule has 1 N–H and O–H groups in total. The van der Waals surface area contributed by atoms with E-state index >= 15 is 0 Å². The van der Waals surface area contributed by atoms with E-state index in [-0.39, 0.29) is 10.6 Å². The summed E-state index contributed by atoms with van der Waals surface area (Å²) in [5, 5.41) is 6.39. The van der Waals surface area contributed by atoms with Gasteiger partial charge in [-0.1, -0.05) is 17.7 Å². The van der Waals surface area contributed by atoms with Crippen LogP contribution >= 0.6 is 11.6 Å². The third kappa shape index (κ3) is 3.13. The van der Waals surface area contributed by atoms with Crippen LogP contribution in [0.5, 0.6) is 0 Å². The quantitative estimate of drug-likeness (QED) is 0.927. The third-order valence-electron chi connectivity index (χ3n) is 3.98. The molecule has 116 valence electrons. The van der Waals surface area contributed by atoms with Crippen molar-refractivity contribution in [1.82, 2.24) is 20.1 Å². The summed E-state index contributed by atoms with van der Waals surface area (Å²) >= 11 is 6.06. The molecule has 1 saturated heterocycles. The number of nitrogens with one attached hydrogen (secondary N) is 1. The Morgan fingerprint density at radius 2 is 2.09 bits per heavy atom. The van der Waals surface area contributed by atoms with Crippen LogP contribution in [0.15, 0.2) is 29.3 Å². The van der Waals surface area contributed by atoms with Gasteiger partial charge in [0.2, 0.25) is 0 Å². The normalized spacial score (nSPS) is 16.0. The zero-order valence-corrected chi connectivity index (χ0v) is 13.2. The zero-order chi connectivity index (χ0) is 15.5. The first-order chi connectivity index (χ1) is 10.6. The lowest BCUT2D eigenvalue weighted by molar-refractivity contribution is 0.246. The fraction of sp³-hybridized carbons (Fsp3) is 0.400. The summed E-state index contributed by atoms with van der Waals surface area (Å²) in [5.74, 6) is 0. The molecule has 0 atom stereocenters. The van der Waals surface area contributed by atoms with Crippen LogP contribution in [0, 0.1) is 6.92 Å². The molecule has 7 heteroatoms. The van der Waals surface area contributed by atoms with E-state index in [1.165, 1.54) is 5.56 Å². The summed E-state index contributed by atoms with van der Waals surface area (Å²) in [5.41, 5.74) is 2.70. The monoisotopic (exact) mass is 319 g/mol. The highest BCUT2D eigenvalue weighted by molar-refractivity contribution is 6.32. The topological polar surface area (TPSA) is 65.1 Å². The zero-order valence-electron chi connectivity index (χ0n) is 12.4. The second-order valence-corrected chi connectivity index (χ2v) is 5.81. The maximum Gasteiger partial charge on any atom is 0.285 e. The van der Waals surface area contributed by atoms with Gasteiger partial charge >= 0.3 is 0 Å². The first-order valence-electron chi connectivity index (χ1n) is 7.26. The number of pyridine rings is 1. The molecule has 2 aromatic heterocycles. The minimum absolute atomic E-state index is 0.212. The van der Waals surface area contributed by atoms with Crippen molar-refractivity contribution < 1.29 is 0 Å². The van der Waals surface area contributed by atoms with E-state index in [0.717, 1.165) is 38.4 Å². The van der Waals surface area contributed by atoms with Crippen molar-refractivity contribution in [2.24, 2.45) is 0 Å². The van der Waals surface area contributed by atoms with E-state index < -0.39 is 0 Å². The van der Waals surface area contributed by atoms with Crippen molar-refractivity contribution in [2.75, 3.05) is 31.1 Å². The number of piperazine rings is 1. The van der Waals surface area contributed by atoms with Crippen LogP contribution in [-0.4, -0.2) is 46.3 Å². The first kappa shape index (κ1) is 15.0. The molecule has 0 radical (unpaired) electrons. The fourth-order valence-electron chi connectivity index (χ4n) is 2.64. The summed E-state index contributed by atoms with van der Waals surface area (Å²) in [4.78, 5) is 20.4. The predicted molar refractivity (Wildman–Crippen MR) is 86.3 cm³/mol. The van der Waals surface area contributed by atoms with Crippen molar-refractivity contribution in [3.8, 4) is 0 Å². The lowest BCUT2D eigenvalue weighted by atomic mass is 10.2. The maximum absolute atomic E-state index is 11.5. The second-order valence-electron chi connectivity index (χ2n) is 5.43. The highest BCUT2D eigenvalue weighted by Crippen LogP contribution is 2.22. The number of hydrogen-bond acceptors (Lipinski definition) is 5. The van der Waals surface area contributed by atoms with Crippen LogP contribution in [0.25, 0.3) is 0 Å². The molecule has 1 fully saturated rings. The van der Waals surface area contributed by atoms with Crippen LogP contribution in [0.1, 0.15) is 11.3 Å². The number of H-pyrrole nitrogens is 1. The van der Waals surface area contributed by atoms with Gasteiger partial charge in [0, 0.05) is 38.9 Å². The van der Waals surface area contributed by atoms with Crippen molar-refractivity contribution in [1.29, 1.82) is 0 Å². The van der Waals surface area contributed by atoms with E-state index in [1.807, 2.05) is 12.3 Å². The molecule has 6 nitrogen and oxygen atoms in total. The number of nitrogens with zero attached hydrogens (tertiary/aromatic N) is 4. The van der Waals surface area contributed by atoms with Crippen molar-refractivity contribution in [3.63, 3.8) is 0 Å². The number of hydrogen-bond donors (Lipinski definition) is 1. The van der Waals surface area contributed by atoms with Gasteiger partial charge in [0.05, 0.1) is 17.6 Å². The van der Waals surface area contributed by atoms with Gasteiger partial charge in [-0.2, -0.15) is 5.10 Å². The molecule has 3 heterocycles. The molecule has 0 aromatic carbocycles. The maximum atomic E-state index is 11.5. The van der Waals surface area contributed by atoms with Crippen LogP contribution in [-0.2, 0) is 6.54 Å². The van der Waals surface area contributed by atoms with Crippen LogP contribution < -0.4 is 10.5 Å². The van der Waals surface area contributed by atoms with E-state index in [2.05, 4.69) is 38.0 Å². The Balaban J connectivity index is 1.64. The van der Waals surface area contributed by atoms with Gasteiger partial charge in [0.25, 0.3) is 5.56 Å². The largest absolute Gasteiger partial charge is 0.366 e. The van der Waals surface area contributed by atoms with Gasteiger partial charge in [-0.3, -0.25) is 14.7 Å². The number of rotatable bonds is 3. The molecule has 0 aliphatic carbocycles. The highest BCUT2D eigenvalue weighted by Gasteiger charge is 2.20. The van der Waals surface area contributed by atoms with Crippen LogP contribution in [0.3, 0.4) is 0 Å². The molecule has 22 heavy (non-hydrogen) atoms. The number of aromatic nitrogens is 3. The van der Waals surface area contributed by atoms with E-state index in [0.29, 0.717) is 5.69 Å². The smallest absolute Gasteiger partial charge is 0.285 e. The molecule has 0 saturated carbocycles. The summed E-state index contributed by atoms with van der Waals surface area (Å²) in [7, 11) is 0. The Bertz CT molecular complexity index is 709. The average molecular weight is 320 g/mol. The molecule has 0 bridgehead atoms. The van der Waals surface area contributed by atoms with Gasteiger partial charge in [-0.05, 0) is 18.6 Å². The molecular weight excluding hydrogens is 302 g/mol. The molecular formula is C15H18ClN5O. The van der Waals surface area contributed by atoms with Gasteiger partial charge in [-0.25, -0.2) is 5.10 Å². The Morgan fingerprint density at radius 1 is 1.32 bits per heavy atom. The second kappa shape index (κ2) is 6.46. The van der Waals surface area contributed by atoms with Crippen molar-refractivity contribution in [3.05, 3.63) is 51.2 Å². The Kier molecular flexibility index (Phi) is 4.40. The Hall–Kier alpha value is -1.92. The minimum atomic E-state index is -0.342. The summed E-state index contributed by atoms with van der Waals surface area (Å²) < 4.78 is 0. The van der Waals surface area contributed by atoms with E-state index in [4.69, 9.17) is 11.6 Å². The Morgan fingerprint density at radius 3 is 2.82 bits per heavy atom. The lowest BCUT2D eigenvalue weighted by Gasteiger charge is -2.36. The number of halogens is 1. The van der Waals surface area contributed by atoms with E-state index in [1.54, 1.807) is 6.20 Å². The van der Waals surface area contributed by atoms with Gasteiger partial charge in [0.15, 0.2) is 0 Å². The van der Waals surface area contributed by atoms with Gasteiger partial charge < -0.3 is 4.90 Å². The molecule has 2 aromatic rings. The molecule has 0 spiro atoms. The molecule has 1 aliphatic heterocycles. The van der Waals surface area contributed by atoms with Crippen LogP contribution in [0.2, 0.25) is 5.02 Å². The molecule has 1 aliphatic rings. The number of aryl methyl sites for hydroxylation is 1. The summed E-state index contributed by atoms with van der Waals surface area (Å²) in [6.45, 7) is 6.37. The highest BCUT2D eigenvalue weighted by atomic mass is 35.5. The third-order valence-corrected chi connectivity index (χ3v) is 4.35. The average Bonchev–Trinajstić information content (AvgIpc) is 2.53. The number of anilines is 1. The van der Waals surface area contributed by atoms with E-state index in [9.17, 15) is 4.79 Å². The minimum Gasteiger partial charge on any atom is -0.366 e. The molecule has 0 unspecified atom stereocenters. The Labute approximate surface area is 133 Å². The first-order valence-corrected chi connectivity index (χ1v) is 7.64. The van der Waals surface area contributed by atoms with Gasteiger partial charge in [-0.15, -0.1) is 0 Å². The molecule has 0 amide bonds. The lowest BCUT2D eigenvalue weighted by Crippen LogP contribution is -2.46. The van der Waals surface area contributed by atoms with Crippen LogP contribution in [0.4, 0.5) is 5.69 Å². The SMILES string of the molecule is Cc1cccnc1CN1CCN(c2cn[nH]c(=O)c2Cl)CC1.